The fourth-order valence-corrected chi connectivity index (χ4v) is 3.41. The second-order valence-corrected chi connectivity index (χ2v) is 7.28. The molecule has 0 aliphatic carbocycles. The molecule has 2 rings (SSSR count). The zero-order chi connectivity index (χ0) is 17.6. The highest BCUT2D eigenvalue weighted by Gasteiger charge is 2.08. The molecule has 0 fully saturated rings. The van der Waals surface area contributed by atoms with E-state index in [0.717, 1.165) is 19.8 Å². The SMILES string of the molecule is CCCCCCOCCCCCCCCN1C=Cc2ccccc2C1. The van der Waals surface area contributed by atoms with Gasteiger partial charge in [0.15, 0.2) is 0 Å². The Hall–Kier alpha value is -1.28. The van der Waals surface area contributed by atoms with Gasteiger partial charge in [0, 0.05) is 26.3 Å². The number of unbranched alkanes of at least 4 members (excludes halogenated alkanes) is 8. The maximum Gasteiger partial charge on any atom is 0.0466 e. The minimum absolute atomic E-state index is 0.962. The van der Waals surface area contributed by atoms with Gasteiger partial charge in [-0.1, -0.05) is 76.1 Å². The van der Waals surface area contributed by atoms with Crippen LogP contribution in [0.3, 0.4) is 0 Å². The van der Waals surface area contributed by atoms with E-state index in [9.17, 15) is 0 Å². The summed E-state index contributed by atoms with van der Waals surface area (Å²) in [5.74, 6) is 0. The van der Waals surface area contributed by atoms with Gasteiger partial charge in [-0.15, -0.1) is 0 Å². The smallest absolute Gasteiger partial charge is 0.0466 e. The van der Waals surface area contributed by atoms with Crippen LogP contribution in [0.4, 0.5) is 0 Å². The van der Waals surface area contributed by atoms with E-state index < -0.39 is 0 Å². The van der Waals surface area contributed by atoms with Crippen molar-refractivity contribution in [3.05, 3.63) is 41.6 Å². The molecular weight excluding hydrogens is 306 g/mol. The lowest BCUT2D eigenvalue weighted by atomic mass is 10.0. The van der Waals surface area contributed by atoms with Gasteiger partial charge in [0.25, 0.3) is 0 Å². The van der Waals surface area contributed by atoms with Crippen molar-refractivity contribution in [2.45, 2.75) is 77.7 Å². The van der Waals surface area contributed by atoms with Crippen LogP contribution in [0.5, 0.6) is 0 Å². The van der Waals surface area contributed by atoms with Crippen LogP contribution in [-0.4, -0.2) is 24.7 Å². The van der Waals surface area contributed by atoms with Crippen LogP contribution < -0.4 is 0 Å². The summed E-state index contributed by atoms with van der Waals surface area (Å²) in [4.78, 5) is 2.45. The molecule has 0 radical (unpaired) electrons. The largest absolute Gasteiger partial charge is 0.381 e. The van der Waals surface area contributed by atoms with E-state index in [4.69, 9.17) is 4.74 Å². The van der Waals surface area contributed by atoms with Crippen molar-refractivity contribution in [3.8, 4) is 0 Å². The van der Waals surface area contributed by atoms with Gasteiger partial charge in [0.05, 0.1) is 0 Å². The molecule has 0 N–H and O–H groups in total. The highest BCUT2D eigenvalue weighted by Crippen LogP contribution is 2.19. The van der Waals surface area contributed by atoms with Crippen molar-refractivity contribution in [2.24, 2.45) is 0 Å². The minimum atomic E-state index is 0.962. The number of rotatable bonds is 14. The average molecular weight is 344 g/mol. The number of hydrogen-bond donors (Lipinski definition) is 0. The van der Waals surface area contributed by atoms with Crippen LogP contribution in [0.1, 0.15) is 82.3 Å². The molecule has 0 saturated carbocycles. The highest BCUT2D eigenvalue weighted by molar-refractivity contribution is 5.55. The minimum Gasteiger partial charge on any atom is -0.381 e. The van der Waals surface area contributed by atoms with E-state index in [2.05, 4.69) is 48.4 Å². The van der Waals surface area contributed by atoms with Gasteiger partial charge < -0.3 is 9.64 Å². The van der Waals surface area contributed by atoms with Gasteiger partial charge >= 0.3 is 0 Å². The predicted molar refractivity (Wildman–Crippen MR) is 109 cm³/mol. The summed E-state index contributed by atoms with van der Waals surface area (Å²) in [5, 5.41) is 0. The zero-order valence-electron chi connectivity index (χ0n) is 16.2. The Kier molecular flexibility index (Phi) is 10.4. The van der Waals surface area contributed by atoms with E-state index >= 15 is 0 Å². The molecule has 0 spiro atoms. The molecular formula is C23H37NO. The summed E-state index contributed by atoms with van der Waals surface area (Å²) in [6.07, 6.45) is 17.7. The number of benzene rings is 1. The molecule has 1 aromatic rings. The standard InChI is InChI=1S/C23H37NO/c1-2-3-4-12-19-25-20-13-8-6-5-7-11-17-24-18-16-22-14-9-10-15-23(22)21-24/h9-10,14-16,18H,2-8,11-13,17,19-21H2,1H3. The van der Waals surface area contributed by atoms with E-state index in [0.29, 0.717) is 0 Å². The van der Waals surface area contributed by atoms with Crippen LogP contribution in [0.15, 0.2) is 30.5 Å². The van der Waals surface area contributed by atoms with Gasteiger partial charge in [0.2, 0.25) is 0 Å². The van der Waals surface area contributed by atoms with Crippen LogP contribution >= 0.6 is 0 Å². The Morgan fingerprint density at radius 1 is 0.840 bits per heavy atom. The fourth-order valence-electron chi connectivity index (χ4n) is 3.41. The lowest BCUT2D eigenvalue weighted by Crippen LogP contribution is -2.21. The second-order valence-electron chi connectivity index (χ2n) is 7.28. The van der Waals surface area contributed by atoms with Gasteiger partial charge in [0.1, 0.15) is 0 Å². The zero-order valence-corrected chi connectivity index (χ0v) is 16.2. The molecule has 25 heavy (non-hydrogen) atoms. The van der Waals surface area contributed by atoms with E-state index in [1.165, 1.54) is 81.9 Å². The van der Waals surface area contributed by atoms with Crippen LogP contribution in [0.25, 0.3) is 6.08 Å². The van der Waals surface area contributed by atoms with Crippen molar-refractivity contribution in [1.82, 2.24) is 4.90 Å². The molecule has 0 unspecified atom stereocenters. The van der Waals surface area contributed by atoms with Crippen LogP contribution in [0, 0.1) is 0 Å². The van der Waals surface area contributed by atoms with E-state index in [1.807, 2.05) is 0 Å². The number of nitrogens with zero attached hydrogens (tertiary/aromatic N) is 1. The molecule has 1 aromatic carbocycles. The van der Waals surface area contributed by atoms with Gasteiger partial charge in [-0.05, 0) is 42.7 Å². The molecule has 1 aliphatic rings. The monoisotopic (exact) mass is 343 g/mol. The first kappa shape index (κ1) is 20.0. The third-order valence-electron chi connectivity index (χ3n) is 5.02. The van der Waals surface area contributed by atoms with Crippen LogP contribution in [0.2, 0.25) is 0 Å². The average Bonchev–Trinajstić information content (AvgIpc) is 2.65. The van der Waals surface area contributed by atoms with Crippen LogP contribution in [-0.2, 0) is 11.3 Å². The van der Waals surface area contributed by atoms with Crippen molar-refractivity contribution >= 4 is 6.08 Å². The van der Waals surface area contributed by atoms with Crippen molar-refractivity contribution in [3.63, 3.8) is 0 Å². The summed E-state index contributed by atoms with van der Waals surface area (Å²) in [5.41, 5.74) is 2.84. The first-order valence-corrected chi connectivity index (χ1v) is 10.5. The molecule has 0 bridgehead atoms. The van der Waals surface area contributed by atoms with E-state index in [1.54, 1.807) is 0 Å². The Morgan fingerprint density at radius 3 is 2.32 bits per heavy atom. The number of ether oxygens (including phenoxy) is 1. The maximum absolute atomic E-state index is 5.70. The Balaban J connectivity index is 1.37. The highest BCUT2D eigenvalue weighted by atomic mass is 16.5. The van der Waals surface area contributed by atoms with Gasteiger partial charge in [-0.2, -0.15) is 0 Å². The summed E-state index contributed by atoms with van der Waals surface area (Å²) < 4.78 is 5.70. The summed E-state index contributed by atoms with van der Waals surface area (Å²) >= 11 is 0. The Labute approximate surface area is 155 Å². The first-order valence-electron chi connectivity index (χ1n) is 10.5. The Bertz CT molecular complexity index is 483. The third-order valence-corrected chi connectivity index (χ3v) is 5.02. The van der Waals surface area contributed by atoms with Gasteiger partial charge in [-0.25, -0.2) is 0 Å². The Morgan fingerprint density at radius 2 is 1.52 bits per heavy atom. The van der Waals surface area contributed by atoms with E-state index in [-0.39, 0.29) is 0 Å². The number of fused-ring (bicyclic) bond motifs is 1. The molecule has 1 aliphatic heterocycles. The molecule has 0 atom stereocenters. The maximum atomic E-state index is 5.70. The molecule has 140 valence electrons. The molecule has 2 heteroatoms. The molecule has 0 aromatic heterocycles. The predicted octanol–water partition coefficient (Wildman–Crippen LogP) is 6.41. The fraction of sp³-hybridized carbons (Fsp3) is 0.652. The van der Waals surface area contributed by atoms with Crippen molar-refractivity contribution < 1.29 is 4.74 Å². The lowest BCUT2D eigenvalue weighted by Gasteiger charge is -2.25. The second kappa shape index (κ2) is 13.0. The number of hydrogen-bond acceptors (Lipinski definition) is 2. The topological polar surface area (TPSA) is 12.5 Å². The summed E-state index contributed by atoms with van der Waals surface area (Å²) in [6.45, 7) is 6.44. The quantitative estimate of drug-likeness (QED) is 0.362. The summed E-state index contributed by atoms with van der Waals surface area (Å²) in [6, 6.07) is 8.72. The molecule has 1 heterocycles. The van der Waals surface area contributed by atoms with Crippen molar-refractivity contribution in [1.29, 1.82) is 0 Å². The molecule has 2 nitrogen and oxygen atoms in total. The first-order chi connectivity index (χ1) is 12.4. The molecule has 0 saturated heterocycles. The normalized spacial score (nSPS) is 13.2. The third kappa shape index (κ3) is 8.58. The van der Waals surface area contributed by atoms with Gasteiger partial charge in [-0.3, -0.25) is 0 Å². The van der Waals surface area contributed by atoms with Crippen molar-refractivity contribution in [2.75, 3.05) is 19.8 Å². The summed E-state index contributed by atoms with van der Waals surface area (Å²) in [7, 11) is 0. The molecule has 0 amide bonds. The lowest BCUT2D eigenvalue weighted by molar-refractivity contribution is 0.125.